The van der Waals surface area contributed by atoms with Crippen molar-refractivity contribution in [1.29, 1.82) is 0 Å². The Kier molecular flexibility index (Phi) is 5.63. The quantitative estimate of drug-likeness (QED) is 0.848. The number of hydrogen-bond donors (Lipinski definition) is 1. The number of carbonyl (C=O) groups excluding carboxylic acids is 1. The van der Waals surface area contributed by atoms with Crippen molar-refractivity contribution in [2.45, 2.75) is 84.9 Å². The number of nitrogens with zero attached hydrogens (tertiary/aromatic N) is 1. The Hall–Kier alpha value is -1.10. The maximum absolute atomic E-state index is 13.1. The van der Waals surface area contributed by atoms with E-state index in [0.29, 0.717) is 5.92 Å². The van der Waals surface area contributed by atoms with E-state index in [0.717, 1.165) is 38.5 Å². The molecule has 1 saturated carbocycles. The molecule has 1 amide bonds. The second kappa shape index (κ2) is 7.03. The van der Waals surface area contributed by atoms with Crippen LogP contribution in [0.15, 0.2) is 0 Å². The molecule has 0 unspecified atom stereocenters. The standard InChI is InChI=1S/C19H33NO4/c1-6-13(7-2)16(21)20-15(17(22)23)12-24-19(20)10-8-14(9-11-19)18(3,4)5/h13-15H,6-12H2,1-5H3,(H,22,23)/t14?,15-,19?/m1/s1. The van der Waals surface area contributed by atoms with Crippen molar-refractivity contribution in [3.8, 4) is 0 Å². The van der Waals surface area contributed by atoms with E-state index in [9.17, 15) is 14.7 Å². The van der Waals surface area contributed by atoms with Gasteiger partial charge in [0.1, 0.15) is 5.72 Å². The van der Waals surface area contributed by atoms with Crippen molar-refractivity contribution in [1.82, 2.24) is 4.90 Å². The van der Waals surface area contributed by atoms with Crippen molar-refractivity contribution in [2.75, 3.05) is 6.61 Å². The van der Waals surface area contributed by atoms with Gasteiger partial charge in [-0.1, -0.05) is 34.6 Å². The molecule has 1 aliphatic heterocycles. The minimum Gasteiger partial charge on any atom is -0.480 e. The molecule has 0 aromatic heterocycles. The second-order valence-corrected chi connectivity index (χ2v) is 8.47. The first kappa shape index (κ1) is 19.2. The summed E-state index contributed by atoms with van der Waals surface area (Å²) >= 11 is 0. The summed E-state index contributed by atoms with van der Waals surface area (Å²) in [4.78, 5) is 26.4. The van der Waals surface area contributed by atoms with Gasteiger partial charge < -0.3 is 9.84 Å². The monoisotopic (exact) mass is 339 g/mol. The Balaban J connectivity index is 2.25. The highest BCUT2D eigenvalue weighted by atomic mass is 16.5. The maximum Gasteiger partial charge on any atom is 0.328 e. The minimum absolute atomic E-state index is 0.0425. The Morgan fingerprint density at radius 3 is 2.17 bits per heavy atom. The molecule has 1 heterocycles. The molecule has 1 saturated heterocycles. The van der Waals surface area contributed by atoms with Crippen LogP contribution >= 0.6 is 0 Å². The SMILES string of the molecule is CCC(CC)C(=O)N1[C@@H](C(=O)O)COC12CCC(C(C)(C)C)CC2. The molecule has 2 fully saturated rings. The highest BCUT2D eigenvalue weighted by Gasteiger charge is 2.55. The van der Waals surface area contributed by atoms with Gasteiger partial charge in [-0.3, -0.25) is 9.69 Å². The zero-order valence-corrected chi connectivity index (χ0v) is 15.8. The average Bonchev–Trinajstić information content (AvgIpc) is 2.87. The number of aliphatic carboxylic acids is 1. The van der Waals surface area contributed by atoms with Crippen LogP contribution in [0.2, 0.25) is 0 Å². The molecule has 138 valence electrons. The fourth-order valence-electron chi connectivity index (χ4n) is 4.35. The van der Waals surface area contributed by atoms with Crippen molar-refractivity contribution in [3.05, 3.63) is 0 Å². The first-order valence-electron chi connectivity index (χ1n) is 9.36. The first-order chi connectivity index (χ1) is 11.2. The lowest BCUT2D eigenvalue weighted by Gasteiger charge is -2.46. The Bertz CT molecular complexity index is 470. The average molecular weight is 339 g/mol. The number of carbonyl (C=O) groups is 2. The van der Waals surface area contributed by atoms with Crippen molar-refractivity contribution in [3.63, 3.8) is 0 Å². The summed E-state index contributed by atoms with van der Waals surface area (Å²) in [6.07, 6.45) is 4.90. The third kappa shape index (κ3) is 3.46. The number of rotatable bonds is 4. The van der Waals surface area contributed by atoms with Crippen LogP contribution < -0.4 is 0 Å². The lowest BCUT2D eigenvalue weighted by molar-refractivity contribution is -0.170. The van der Waals surface area contributed by atoms with Gasteiger partial charge in [0.05, 0.1) is 6.61 Å². The fraction of sp³-hybridized carbons (Fsp3) is 0.895. The maximum atomic E-state index is 13.1. The molecular formula is C19H33NO4. The summed E-state index contributed by atoms with van der Waals surface area (Å²) in [7, 11) is 0. The molecule has 0 bridgehead atoms. The third-order valence-electron chi connectivity index (χ3n) is 6.11. The molecule has 0 radical (unpaired) electrons. The first-order valence-corrected chi connectivity index (χ1v) is 9.36. The normalized spacial score (nSPS) is 31.0. The van der Waals surface area contributed by atoms with Crippen molar-refractivity contribution < 1.29 is 19.4 Å². The van der Waals surface area contributed by atoms with E-state index in [1.807, 2.05) is 13.8 Å². The van der Waals surface area contributed by atoms with E-state index in [1.54, 1.807) is 4.90 Å². The van der Waals surface area contributed by atoms with E-state index in [4.69, 9.17) is 4.74 Å². The number of carboxylic acid groups (broad SMARTS) is 1. The Labute approximate surface area is 145 Å². The molecule has 1 N–H and O–H groups in total. The van der Waals surface area contributed by atoms with Crippen LogP contribution in [0.4, 0.5) is 0 Å². The number of amides is 1. The smallest absolute Gasteiger partial charge is 0.328 e. The van der Waals surface area contributed by atoms with Crippen LogP contribution in [-0.4, -0.2) is 40.3 Å². The minimum atomic E-state index is -0.955. The van der Waals surface area contributed by atoms with E-state index >= 15 is 0 Å². The second-order valence-electron chi connectivity index (χ2n) is 8.47. The summed E-state index contributed by atoms with van der Waals surface area (Å²) in [5, 5.41) is 9.58. The molecular weight excluding hydrogens is 306 g/mol. The highest BCUT2D eigenvalue weighted by molar-refractivity contribution is 5.86. The van der Waals surface area contributed by atoms with Crippen molar-refractivity contribution in [2.24, 2.45) is 17.3 Å². The number of ether oxygens (including phenoxy) is 1. The van der Waals surface area contributed by atoms with Gasteiger partial charge in [-0.25, -0.2) is 4.79 Å². The molecule has 2 rings (SSSR count). The van der Waals surface area contributed by atoms with Crippen LogP contribution in [-0.2, 0) is 14.3 Å². The van der Waals surface area contributed by atoms with Crippen LogP contribution in [0, 0.1) is 17.3 Å². The van der Waals surface area contributed by atoms with Crippen LogP contribution in [0.1, 0.15) is 73.1 Å². The third-order valence-corrected chi connectivity index (χ3v) is 6.11. The van der Waals surface area contributed by atoms with Gasteiger partial charge in [-0.05, 0) is 49.9 Å². The van der Waals surface area contributed by atoms with Gasteiger partial charge in [-0.2, -0.15) is 0 Å². The van der Waals surface area contributed by atoms with Crippen LogP contribution in [0.3, 0.4) is 0 Å². The number of hydrogen-bond acceptors (Lipinski definition) is 3. The van der Waals surface area contributed by atoms with Gasteiger partial charge in [0.2, 0.25) is 5.91 Å². The highest BCUT2D eigenvalue weighted by Crippen LogP contribution is 2.47. The zero-order chi connectivity index (χ0) is 18.1. The predicted molar refractivity (Wildman–Crippen MR) is 92.4 cm³/mol. The van der Waals surface area contributed by atoms with Gasteiger partial charge in [-0.15, -0.1) is 0 Å². The van der Waals surface area contributed by atoms with E-state index in [2.05, 4.69) is 20.8 Å². The Morgan fingerprint density at radius 1 is 1.21 bits per heavy atom. The molecule has 24 heavy (non-hydrogen) atoms. The van der Waals surface area contributed by atoms with Gasteiger partial charge in [0, 0.05) is 5.92 Å². The lowest BCUT2D eigenvalue weighted by Crippen LogP contribution is -2.57. The van der Waals surface area contributed by atoms with E-state index in [-0.39, 0.29) is 23.8 Å². The molecule has 5 heteroatoms. The predicted octanol–water partition coefficient (Wildman–Crippen LogP) is 3.67. The van der Waals surface area contributed by atoms with Gasteiger partial charge >= 0.3 is 5.97 Å². The Morgan fingerprint density at radius 2 is 1.75 bits per heavy atom. The molecule has 2 aliphatic rings. The largest absolute Gasteiger partial charge is 0.480 e. The molecule has 1 aliphatic carbocycles. The van der Waals surface area contributed by atoms with Crippen molar-refractivity contribution >= 4 is 11.9 Å². The number of carboxylic acids is 1. The van der Waals surface area contributed by atoms with Gasteiger partial charge in [0.15, 0.2) is 6.04 Å². The topological polar surface area (TPSA) is 66.8 Å². The van der Waals surface area contributed by atoms with Crippen LogP contribution in [0.5, 0.6) is 0 Å². The lowest BCUT2D eigenvalue weighted by atomic mass is 9.70. The fourth-order valence-corrected chi connectivity index (χ4v) is 4.35. The summed E-state index contributed by atoms with van der Waals surface area (Å²) in [5.41, 5.74) is -0.471. The zero-order valence-electron chi connectivity index (χ0n) is 15.8. The molecule has 0 aromatic rings. The summed E-state index contributed by atoms with van der Waals surface area (Å²) in [6.45, 7) is 10.8. The molecule has 1 atom stereocenters. The molecule has 1 spiro atoms. The summed E-state index contributed by atoms with van der Waals surface area (Å²) in [5.74, 6) is -0.533. The molecule has 0 aromatic carbocycles. The summed E-state index contributed by atoms with van der Waals surface area (Å²) in [6, 6.07) is -0.843. The molecule has 5 nitrogen and oxygen atoms in total. The van der Waals surface area contributed by atoms with E-state index in [1.165, 1.54) is 0 Å². The summed E-state index contributed by atoms with van der Waals surface area (Å²) < 4.78 is 6.01. The van der Waals surface area contributed by atoms with E-state index < -0.39 is 17.7 Å². The van der Waals surface area contributed by atoms with Crippen LogP contribution in [0.25, 0.3) is 0 Å². The van der Waals surface area contributed by atoms with Gasteiger partial charge in [0.25, 0.3) is 0 Å².